The van der Waals surface area contributed by atoms with Gasteiger partial charge in [0.2, 0.25) is 5.78 Å². The van der Waals surface area contributed by atoms with Crippen LogP contribution in [0.2, 0.25) is 0 Å². The molecule has 0 aliphatic carbocycles. The first-order chi connectivity index (χ1) is 11.0. The van der Waals surface area contributed by atoms with E-state index in [1.165, 1.54) is 0 Å². The zero-order valence-corrected chi connectivity index (χ0v) is 14.3. The van der Waals surface area contributed by atoms with Crippen LogP contribution in [0, 0.1) is 18.3 Å². The largest absolute Gasteiger partial charge is 0.336 e. The van der Waals surface area contributed by atoms with Crippen LogP contribution in [0.3, 0.4) is 0 Å². The highest BCUT2D eigenvalue weighted by Crippen LogP contribution is 2.18. The van der Waals surface area contributed by atoms with Gasteiger partial charge in [-0.2, -0.15) is 5.26 Å². The summed E-state index contributed by atoms with van der Waals surface area (Å²) in [5.41, 5.74) is 1.64. The van der Waals surface area contributed by atoms with Crippen LogP contribution >= 0.6 is 0 Å². The van der Waals surface area contributed by atoms with Crippen molar-refractivity contribution in [3.8, 4) is 6.07 Å². The van der Waals surface area contributed by atoms with E-state index in [1.807, 2.05) is 25.1 Å². The number of carbonyl (C=O) groups excluding carboxylic acids is 2. The molecule has 4 heteroatoms. The molecule has 124 valence electrons. The van der Waals surface area contributed by atoms with E-state index in [0.717, 1.165) is 31.2 Å². The summed E-state index contributed by atoms with van der Waals surface area (Å²) in [6.45, 7) is 7.19. The number of unbranched alkanes of at least 4 members (excludes halogenated alkanes) is 2. The summed E-state index contributed by atoms with van der Waals surface area (Å²) >= 11 is 0. The third-order valence-electron chi connectivity index (χ3n) is 3.86. The second-order valence-electron chi connectivity index (χ2n) is 5.84. The van der Waals surface area contributed by atoms with Gasteiger partial charge in [0.15, 0.2) is 0 Å². The van der Waals surface area contributed by atoms with Gasteiger partial charge in [0.1, 0.15) is 5.92 Å². The van der Waals surface area contributed by atoms with Crippen LogP contribution in [0.5, 0.6) is 0 Å². The summed E-state index contributed by atoms with van der Waals surface area (Å²) in [5.74, 6) is -2.17. The van der Waals surface area contributed by atoms with Crippen molar-refractivity contribution < 1.29 is 9.59 Å². The minimum absolute atomic E-state index is 0.529. The third-order valence-corrected chi connectivity index (χ3v) is 3.86. The van der Waals surface area contributed by atoms with Crippen molar-refractivity contribution >= 4 is 11.7 Å². The number of aryl methyl sites for hydroxylation is 1. The van der Waals surface area contributed by atoms with Gasteiger partial charge in [0.05, 0.1) is 6.07 Å². The van der Waals surface area contributed by atoms with Gasteiger partial charge >= 0.3 is 0 Å². The second kappa shape index (κ2) is 9.78. The van der Waals surface area contributed by atoms with Crippen LogP contribution in [-0.4, -0.2) is 29.7 Å². The average Bonchev–Trinajstić information content (AvgIpc) is 2.56. The number of hydrogen-bond donors (Lipinski definition) is 0. The number of amides is 1. The molecule has 0 saturated heterocycles. The van der Waals surface area contributed by atoms with Crippen LogP contribution in [0.15, 0.2) is 24.3 Å². The molecule has 0 aromatic heterocycles. The SMILES string of the molecule is CCCCN(CCCC)C(=O)C(=O)[C@H](C#N)c1ccc(C)cc1. The Balaban J connectivity index is 2.90. The predicted octanol–water partition coefficient (Wildman–Crippen LogP) is 3.60. The molecule has 0 unspecified atom stereocenters. The quantitative estimate of drug-likeness (QED) is 0.654. The molecular formula is C19H26N2O2. The lowest BCUT2D eigenvalue weighted by Gasteiger charge is -2.22. The van der Waals surface area contributed by atoms with Crippen LogP contribution in [0.1, 0.15) is 56.6 Å². The van der Waals surface area contributed by atoms with Gasteiger partial charge in [0, 0.05) is 13.1 Å². The first-order valence-corrected chi connectivity index (χ1v) is 8.34. The molecule has 0 heterocycles. The molecule has 0 radical (unpaired) electrons. The topological polar surface area (TPSA) is 61.2 Å². The van der Waals surface area contributed by atoms with Crippen molar-refractivity contribution in [3.63, 3.8) is 0 Å². The first-order valence-electron chi connectivity index (χ1n) is 8.34. The fraction of sp³-hybridized carbons (Fsp3) is 0.526. The Labute approximate surface area is 139 Å². The Hall–Kier alpha value is -2.15. The maximum absolute atomic E-state index is 12.5. The Morgan fingerprint density at radius 3 is 2.04 bits per heavy atom. The standard InChI is InChI=1S/C19H26N2O2/c1-4-6-12-21(13-7-5-2)19(23)18(22)17(14-20)16-10-8-15(3)9-11-16/h8-11,17H,4-7,12-13H2,1-3H3/t17-/m1/s1. The first kappa shape index (κ1) is 18.9. The van der Waals surface area contributed by atoms with Crippen molar-refractivity contribution in [1.29, 1.82) is 5.26 Å². The summed E-state index contributed by atoms with van der Waals surface area (Å²) < 4.78 is 0. The number of hydrogen-bond acceptors (Lipinski definition) is 3. The van der Waals surface area contributed by atoms with E-state index in [-0.39, 0.29) is 0 Å². The number of rotatable bonds is 9. The van der Waals surface area contributed by atoms with Crippen LogP contribution < -0.4 is 0 Å². The van der Waals surface area contributed by atoms with E-state index in [4.69, 9.17) is 0 Å². The number of nitriles is 1. The van der Waals surface area contributed by atoms with Crippen molar-refractivity contribution in [3.05, 3.63) is 35.4 Å². The fourth-order valence-corrected chi connectivity index (χ4v) is 2.34. The lowest BCUT2D eigenvalue weighted by molar-refractivity contribution is -0.145. The third kappa shape index (κ3) is 5.52. The molecule has 1 aromatic carbocycles. The van der Waals surface area contributed by atoms with Crippen LogP contribution in [-0.2, 0) is 9.59 Å². The van der Waals surface area contributed by atoms with Crippen molar-refractivity contribution in [1.82, 2.24) is 4.90 Å². The number of ketones is 1. The summed E-state index contributed by atoms with van der Waals surface area (Å²) in [7, 11) is 0. The molecular weight excluding hydrogens is 288 g/mol. The highest BCUT2D eigenvalue weighted by atomic mass is 16.2. The van der Waals surface area contributed by atoms with Gasteiger partial charge in [-0.15, -0.1) is 0 Å². The van der Waals surface area contributed by atoms with Gasteiger partial charge in [-0.3, -0.25) is 9.59 Å². The predicted molar refractivity (Wildman–Crippen MR) is 90.9 cm³/mol. The lowest BCUT2D eigenvalue weighted by atomic mass is 9.94. The van der Waals surface area contributed by atoms with E-state index >= 15 is 0 Å². The number of carbonyl (C=O) groups is 2. The molecule has 0 saturated carbocycles. The minimum Gasteiger partial charge on any atom is -0.336 e. The van der Waals surface area contributed by atoms with E-state index in [1.54, 1.807) is 17.0 Å². The molecule has 0 spiro atoms. The van der Waals surface area contributed by atoms with Crippen LogP contribution in [0.25, 0.3) is 0 Å². The van der Waals surface area contributed by atoms with Gasteiger partial charge in [-0.1, -0.05) is 56.5 Å². The second-order valence-corrected chi connectivity index (χ2v) is 5.84. The van der Waals surface area contributed by atoms with E-state index < -0.39 is 17.6 Å². The maximum Gasteiger partial charge on any atom is 0.291 e. The number of nitrogens with zero attached hydrogens (tertiary/aromatic N) is 2. The van der Waals surface area contributed by atoms with Crippen molar-refractivity contribution in [2.75, 3.05) is 13.1 Å². The zero-order valence-electron chi connectivity index (χ0n) is 14.3. The molecule has 1 atom stereocenters. The molecule has 23 heavy (non-hydrogen) atoms. The Bertz CT molecular complexity index is 550. The maximum atomic E-state index is 12.5. The average molecular weight is 314 g/mol. The summed E-state index contributed by atoms with van der Waals surface area (Å²) in [5, 5.41) is 9.36. The highest BCUT2D eigenvalue weighted by Gasteiger charge is 2.30. The molecule has 1 amide bonds. The van der Waals surface area contributed by atoms with Crippen molar-refractivity contribution in [2.45, 2.75) is 52.4 Å². The molecule has 1 rings (SSSR count). The highest BCUT2D eigenvalue weighted by molar-refractivity contribution is 6.38. The molecule has 0 bridgehead atoms. The fourth-order valence-electron chi connectivity index (χ4n) is 2.34. The Morgan fingerprint density at radius 1 is 1.09 bits per heavy atom. The smallest absolute Gasteiger partial charge is 0.291 e. The van der Waals surface area contributed by atoms with Crippen molar-refractivity contribution in [2.24, 2.45) is 0 Å². The molecule has 4 nitrogen and oxygen atoms in total. The summed E-state index contributed by atoms with van der Waals surface area (Å²) in [4.78, 5) is 26.6. The zero-order chi connectivity index (χ0) is 17.2. The lowest BCUT2D eigenvalue weighted by Crippen LogP contribution is -2.40. The summed E-state index contributed by atoms with van der Waals surface area (Å²) in [6, 6.07) is 9.18. The number of benzene rings is 1. The van der Waals surface area contributed by atoms with Gasteiger partial charge in [-0.25, -0.2) is 0 Å². The van der Waals surface area contributed by atoms with Gasteiger partial charge in [0.25, 0.3) is 5.91 Å². The van der Waals surface area contributed by atoms with Gasteiger partial charge in [-0.05, 0) is 25.3 Å². The van der Waals surface area contributed by atoms with E-state index in [0.29, 0.717) is 18.7 Å². The molecule has 0 aliphatic heterocycles. The molecule has 0 aliphatic rings. The summed E-state index contributed by atoms with van der Waals surface area (Å²) in [6.07, 6.45) is 3.66. The van der Waals surface area contributed by atoms with Crippen LogP contribution in [0.4, 0.5) is 0 Å². The Kier molecular flexibility index (Phi) is 8.04. The molecule has 1 aromatic rings. The number of Topliss-reactive ketones (excluding diaryl/α,β-unsaturated/α-hetero) is 1. The normalized spacial score (nSPS) is 11.6. The molecule has 0 fully saturated rings. The monoisotopic (exact) mass is 314 g/mol. The van der Waals surface area contributed by atoms with Gasteiger partial charge < -0.3 is 4.90 Å². The minimum atomic E-state index is -1.02. The Morgan fingerprint density at radius 2 is 1.61 bits per heavy atom. The van der Waals surface area contributed by atoms with E-state index in [9.17, 15) is 14.9 Å². The van der Waals surface area contributed by atoms with E-state index in [2.05, 4.69) is 13.8 Å². The molecule has 0 N–H and O–H groups in total.